The van der Waals surface area contributed by atoms with Gasteiger partial charge >= 0.3 is 12.4 Å². The zero-order valence-electron chi connectivity index (χ0n) is 22.5. The minimum absolute atomic E-state index is 0.0965. The summed E-state index contributed by atoms with van der Waals surface area (Å²) in [5, 5.41) is 11.9. The van der Waals surface area contributed by atoms with Gasteiger partial charge in [-0.2, -0.15) is 26.3 Å². The van der Waals surface area contributed by atoms with Gasteiger partial charge in [0.25, 0.3) is 18.2 Å². The molecule has 1 aliphatic rings. The van der Waals surface area contributed by atoms with E-state index in [0.29, 0.717) is 36.3 Å². The molecule has 2 aromatic rings. The molecule has 1 fully saturated rings. The molecule has 0 bridgehead atoms. The number of halogens is 8. The van der Waals surface area contributed by atoms with Gasteiger partial charge in [0.05, 0.1) is 10.5 Å². The molecule has 2 amide bonds. The van der Waals surface area contributed by atoms with E-state index in [2.05, 4.69) is 15.1 Å². The van der Waals surface area contributed by atoms with Crippen LogP contribution in [-0.4, -0.2) is 70.4 Å². The summed E-state index contributed by atoms with van der Waals surface area (Å²) in [6.45, 7) is 9.69. The maximum Gasteiger partial charge on any atom is 0.406 e. The summed E-state index contributed by atoms with van der Waals surface area (Å²) in [7, 11) is 0. The molecule has 42 heavy (non-hydrogen) atoms. The Bertz CT molecular complexity index is 1350. The highest BCUT2D eigenvalue weighted by Gasteiger charge is 2.68. The maximum atomic E-state index is 14.3. The molecule has 0 radical (unpaired) electrons. The van der Waals surface area contributed by atoms with Crippen LogP contribution >= 0.6 is 11.3 Å². The summed E-state index contributed by atoms with van der Waals surface area (Å²) < 4.78 is 111. The minimum atomic E-state index is -5.89. The second-order valence-corrected chi connectivity index (χ2v) is 11.6. The Balaban J connectivity index is 2.19. The lowest BCUT2D eigenvalue weighted by atomic mass is 9.79. The molecule has 2 N–H and O–H groups in total. The van der Waals surface area contributed by atoms with Gasteiger partial charge in [-0.3, -0.25) is 9.59 Å². The van der Waals surface area contributed by atoms with Crippen molar-refractivity contribution in [3.8, 4) is 10.4 Å². The molecule has 0 aliphatic carbocycles. The molecule has 230 valence electrons. The quantitative estimate of drug-likeness (QED) is 0.285. The molecule has 1 aliphatic heterocycles. The number of hydrogen-bond acceptors (Lipinski definition) is 5. The third-order valence-electron chi connectivity index (χ3n) is 6.88. The van der Waals surface area contributed by atoms with E-state index in [1.54, 1.807) is 0 Å². The molecule has 2 heterocycles. The van der Waals surface area contributed by atoms with Crippen molar-refractivity contribution in [2.45, 2.75) is 69.4 Å². The van der Waals surface area contributed by atoms with E-state index in [4.69, 9.17) is 6.57 Å². The molecule has 0 saturated carbocycles. The Hall–Kier alpha value is -3.32. The number of thiazole rings is 1. The van der Waals surface area contributed by atoms with E-state index in [1.807, 2.05) is 0 Å². The number of hydrogen-bond donors (Lipinski definition) is 2. The summed E-state index contributed by atoms with van der Waals surface area (Å²) in [5.41, 5.74) is -9.62. The van der Waals surface area contributed by atoms with Crippen molar-refractivity contribution in [1.82, 2.24) is 15.2 Å². The topological polar surface area (TPSA) is 86.9 Å². The number of alkyl halides is 8. The van der Waals surface area contributed by atoms with Crippen molar-refractivity contribution >= 4 is 23.2 Å². The lowest BCUT2D eigenvalue weighted by molar-refractivity contribution is -0.297. The second-order valence-electron chi connectivity index (χ2n) is 10.6. The van der Waals surface area contributed by atoms with Crippen LogP contribution in [0.4, 0.5) is 35.1 Å². The molecule has 3 rings (SSSR count). The van der Waals surface area contributed by atoms with Gasteiger partial charge in [0.2, 0.25) is 6.04 Å². The predicted molar refractivity (Wildman–Crippen MR) is 136 cm³/mol. The van der Waals surface area contributed by atoms with Crippen molar-refractivity contribution in [2.75, 3.05) is 19.6 Å². The van der Waals surface area contributed by atoms with E-state index in [0.717, 1.165) is 0 Å². The van der Waals surface area contributed by atoms with Crippen LogP contribution in [0, 0.1) is 6.57 Å². The predicted octanol–water partition coefficient (Wildman–Crippen LogP) is 6.15. The fraction of sp³-hybridized carbons (Fsp3) is 0.538. The highest BCUT2D eigenvalue weighted by Crippen LogP contribution is 2.53. The first kappa shape index (κ1) is 33.2. The lowest BCUT2D eigenvalue weighted by Crippen LogP contribution is -2.51. The number of aliphatic hydroxyl groups is 1. The van der Waals surface area contributed by atoms with Gasteiger partial charge in [-0.15, -0.1) is 11.3 Å². The lowest BCUT2D eigenvalue weighted by Gasteiger charge is -2.34. The Labute approximate surface area is 239 Å². The Morgan fingerprint density at radius 2 is 1.69 bits per heavy atom. The van der Waals surface area contributed by atoms with Gasteiger partial charge in [0.1, 0.15) is 5.69 Å². The van der Waals surface area contributed by atoms with Crippen LogP contribution < -0.4 is 5.32 Å². The van der Waals surface area contributed by atoms with Crippen LogP contribution in [0.2, 0.25) is 0 Å². The van der Waals surface area contributed by atoms with Gasteiger partial charge in [0, 0.05) is 43.6 Å². The smallest absolute Gasteiger partial charge is 0.389 e. The Kier molecular flexibility index (Phi) is 9.29. The number of likely N-dealkylation sites (tertiary alicyclic amines) is 1. The van der Waals surface area contributed by atoms with E-state index < -0.39 is 69.0 Å². The van der Waals surface area contributed by atoms with Gasteiger partial charge in [0.15, 0.2) is 10.4 Å². The van der Waals surface area contributed by atoms with E-state index in [-0.39, 0.29) is 43.5 Å². The van der Waals surface area contributed by atoms with E-state index >= 15 is 0 Å². The monoisotopic (exact) mass is 626 g/mol. The fourth-order valence-electron chi connectivity index (χ4n) is 4.21. The van der Waals surface area contributed by atoms with Crippen LogP contribution in [0.15, 0.2) is 18.2 Å². The standard InChI is InChI=1S/C26H26F8N4O3S/c1-23(2,41)12-36-20(39)21-37-17(22(40)38-9-7-14(35-4)8-10-38)18(42-21)15-6-5-13(11-16(15)19(27)28)24(3,25(29,30)31)26(32,33)34/h5-6,11,14,19,41H,7-10,12H2,1-3H3,(H,36,39). The average molecular weight is 627 g/mol. The molecule has 1 aromatic carbocycles. The third-order valence-corrected chi connectivity index (χ3v) is 7.97. The van der Waals surface area contributed by atoms with Crippen LogP contribution in [0.5, 0.6) is 0 Å². The highest BCUT2D eigenvalue weighted by atomic mass is 32.1. The number of nitrogens with zero attached hydrogens (tertiary/aromatic N) is 3. The number of benzene rings is 1. The van der Waals surface area contributed by atoms with Crippen molar-refractivity contribution in [3.63, 3.8) is 0 Å². The van der Waals surface area contributed by atoms with Crippen molar-refractivity contribution in [1.29, 1.82) is 0 Å². The number of nitrogens with one attached hydrogen (secondary N) is 1. The molecule has 7 nitrogen and oxygen atoms in total. The number of aromatic nitrogens is 1. The van der Waals surface area contributed by atoms with Crippen molar-refractivity contribution < 1.29 is 49.8 Å². The number of amides is 2. The molecule has 0 spiro atoms. The first-order valence-electron chi connectivity index (χ1n) is 12.4. The van der Waals surface area contributed by atoms with Gasteiger partial charge < -0.3 is 20.2 Å². The van der Waals surface area contributed by atoms with Crippen LogP contribution in [0.3, 0.4) is 0 Å². The van der Waals surface area contributed by atoms with Crippen LogP contribution in [0.25, 0.3) is 15.3 Å². The summed E-state index contributed by atoms with van der Waals surface area (Å²) >= 11 is 0.446. The molecule has 1 aromatic heterocycles. The molecule has 0 unspecified atom stereocenters. The summed E-state index contributed by atoms with van der Waals surface area (Å²) in [4.78, 5) is 34.6. The van der Waals surface area contributed by atoms with Gasteiger partial charge in [-0.1, -0.05) is 12.1 Å². The third kappa shape index (κ3) is 6.67. The molecule has 1 saturated heterocycles. The summed E-state index contributed by atoms with van der Waals surface area (Å²) in [6, 6.07) is 0.789. The van der Waals surface area contributed by atoms with Crippen molar-refractivity contribution in [3.05, 3.63) is 51.4 Å². The van der Waals surface area contributed by atoms with Crippen LogP contribution in [-0.2, 0) is 5.41 Å². The highest BCUT2D eigenvalue weighted by molar-refractivity contribution is 7.17. The molecule has 16 heteroatoms. The molecule has 0 atom stereocenters. The van der Waals surface area contributed by atoms with Gasteiger partial charge in [-0.05, 0) is 32.4 Å². The number of piperidine rings is 1. The Morgan fingerprint density at radius 1 is 1.12 bits per heavy atom. The summed E-state index contributed by atoms with van der Waals surface area (Å²) in [5.74, 6) is -1.71. The Morgan fingerprint density at radius 3 is 2.17 bits per heavy atom. The number of rotatable bonds is 7. The molecular weight excluding hydrogens is 600 g/mol. The largest absolute Gasteiger partial charge is 0.406 e. The first-order valence-corrected chi connectivity index (χ1v) is 13.3. The second kappa shape index (κ2) is 11.8. The summed E-state index contributed by atoms with van der Waals surface area (Å²) in [6.07, 6.45) is -14.7. The van der Waals surface area contributed by atoms with E-state index in [9.17, 15) is 49.8 Å². The zero-order chi connectivity index (χ0) is 31.8. The normalized spacial score (nSPS) is 15.6. The molecular formula is C26H26F8N4O3S. The minimum Gasteiger partial charge on any atom is -0.389 e. The SMILES string of the molecule is [C-]#[N+]C1CCN(C(=O)c2nc(C(=O)NCC(C)(C)O)sc2-c2ccc(C(C)(C(F)(F)F)C(F)(F)F)cc2C(F)F)CC1. The average Bonchev–Trinajstić information content (AvgIpc) is 3.34. The van der Waals surface area contributed by atoms with E-state index in [1.165, 1.54) is 18.7 Å². The first-order chi connectivity index (χ1) is 19.2. The number of carbonyl (C=O) groups is 2. The van der Waals surface area contributed by atoms with Crippen molar-refractivity contribution in [2.24, 2.45) is 0 Å². The van der Waals surface area contributed by atoms with Gasteiger partial charge in [-0.25, -0.2) is 20.3 Å². The van der Waals surface area contributed by atoms with Crippen LogP contribution in [0.1, 0.15) is 71.5 Å². The fourth-order valence-corrected chi connectivity index (χ4v) is 5.23. The maximum absolute atomic E-state index is 14.3. The number of carbonyl (C=O) groups excluding carboxylic acids is 2. The zero-order valence-corrected chi connectivity index (χ0v) is 23.3.